The van der Waals surface area contributed by atoms with Crippen LogP contribution in [0.5, 0.6) is 0 Å². The molecule has 21 heavy (non-hydrogen) atoms. The fraction of sp³-hybridized carbons (Fsp3) is 0.188. The molecule has 0 aliphatic heterocycles. The summed E-state index contributed by atoms with van der Waals surface area (Å²) >= 11 is 6.48. The zero-order valence-electron chi connectivity index (χ0n) is 11.2. The molecule has 0 spiro atoms. The van der Waals surface area contributed by atoms with Crippen molar-refractivity contribution in [2.45, 2.75) is 12.8 Å². The van der Waals surface area contributed by atoms with E-state index in [1.54, 1.807) is 18.2 Å². The third-order valence-electron chi connectivity index (χ3n) is 2.98. The van der Waals surface area contributed by atoms with E-state index in [1.165, 1.54) is 6.07 Å². The van der Waals surface area contributed by atoms with Crippen molar-refractivity contribution in [1.82, 2.24) is 0 Å². The van der Waals surface area contributed by atoms with Crippen LogP contribution in [0, 0.1) is 5.82 Å². The molecule has 0 fully saturated rings. The molecule has 0 unspecified atom stereocenters. The summed E-state index contributed by atoms with van der Waals surface area (Å²) in [5.74, 6) is -1.00. The lowest BCUT2D eigenvalue weighted by molar-refractivity contribution is 0.102. The normalized spacial score (nSPS) is 10.4. The predicted molar refractivity (Wildman–Crippen MR) is 90.6 cm³/mol. The van der Waals surface area contributed by atoms with Gasteiger partial charge in [-0.3, -0.25) is 4.79 Å². The van der Waals surface area contributed by atoms with Gasteiger partial charge >= 0.3 is 0 Å². The molecular weight excluding hydrogens is 401 g/mol. The highest BCUT2D eigenvalue weighted by molar-refractivity contribution is 9.10. The van der Waals surface area contributed by atoms with E-state index in [0.717, 1.165) is 23.7 Å². The molecule has 2 aromatic carbocycles. The number of carbonyl (C=O) groups excluding carboxylic acids is 1. The topological polar surface area (TPSA) is 29.1 Å². The van der Waals surface area contributed by atoms with Crippen LogP contribution in [0.2, 0.25) is 0 Å². The van der Waals surface area contributed by atoms with E-state index < -0.39 is 11.7 Å². The van der Waals surface area contributed by atoms with Crippen molar-refractivity contribution in [3.8, 4) is 0 Å². The van der Waals surface area contributed by atoms with Gasteiger partial charge in [0, 0.05) is 11.0 Å². The summed E-state index contributed by atoms with van der Waals surface area (Å²) in [6.45, 7) is 0. The molecule has 2 rings (SSSR count). The van der Waals surface area contributed by atoms with E-state index in [1.807, 2.05) is 18.2 Å². The maximum atomic E-state index is 13.9. The Labute approximate surface area is 140 Å². The first kappa shape index (κ1) is 16.2. The van der Waals surface area contributed by atoms with Crippen LogP contribution < -0.4 is 5.32 Å². The highest BCUT2D eigenvalue weighted by Gasteiger charge is 2.14. The lowest BCUT2D eigenvalue weighted by Crippen LogP contribution is -2.14. The van der Waals surface area contributed by atoms with Crippen LogP contribution in [0.4, 0.5) is 10.1 Å². The Balaban J connectivity index is 2.14. The molecule has 0 saturated carbocycles. The van der Waals surface area contributed by atoms with Crippen molar-refractivity contribution >= 4 is 43.5 Å². The molecule has 0 bridgehead atoms. The van der Waals surface area contributed by atoms with Gasteiger partial charge in [-0.1, -0.05) is 34.1 Å². The first-order chi connectivity index (χ1) is 10.1. The number of halogens is 3. The van der Waals surface area contributed by atoms with E-state index in [4.69, 9.17) is 0 Å². The summed E-state index contributed by atoms with van der Waals surface area (Å²) in [7, 11) is 0. The van der Waals surface area contributed by atoms with E-state index in [0.29, 0.717) is 5.69 Å². The van der Waals surface area contributed by atoms with Crippen molar-refractivity contribution in [2.24, 2.45) is 0 Å². The number of nitrogens with one attached hydrogen (secondary N) is 1. The Bertz CT molecular complexity index is 646. The quantitative estimate of drug-likeness (QED) is 0.672. The number of anilines is 1. The van der Waals surface area contributed by atoms with Crippen LogP contribution in [0.15, 0.2) is 46.9 Å². The van der Waals surface area contributed by atoms with Gasteiger partial charge in [-0.15, -0.1) is 0 Å². The van der Waals surface area contributed by atoms with Gasteiger partial charge in [0.1, 0.15) is 5.82 Å². The summed E-state index contributed by atoms with van der Waals surface area (Å²) in [5.41, 5.74) is 1.84. The number of benzene rings is 2. The van der Waals surface area contributed by atoms with Gasteiger partial charge < -0.3 is 5.32 Å². The van der Waals surface area contributed by atoms with Crippen molar-refractivity contribution < 1.29 is 9.18 Å². The van der Waals surface area contributed by atoms with Gasteiger partial charge in [-0.05, 0) is 58.6 Å². The minimum Gasteiger partial charge on any atom is -0.322 e. The Kier molecular flexibility index (Phi) is 5.94. The van der Waals surface area contributed by atoms with Crippen molar-refractivity contribution in [2.75, 3.05) is 10.6 Å². The van der Waals surface area contributed by atoms with E-state index in [2.05, 4.69) is 37.2 Å². The van der Waals surface area contributed by atoms with Gasteiger partial charge in [0.25, 0.3) is 5.91 Å². The fourth-order valence-electron chi connectivity index (χ4n) is 1.95. The molecule has 5 heteroatoms. The number of hydrogen-bond donors (Lipinski definition) is 1. The molecular formula is C16H14Br2FNO. The number of amides is 1. The Morgan fingerprint density at radius 3 is 2.71 bits per heavy atom. The summed E-state index contributed by atoms with van der Waals surface area (Å²) in [6.07, 6.45) is 1.96. The average molecular weight is 415 g/mol. The van der Waals surface area contributed by atoms with Crippen LogP contribution in [-0.2, 0) is 6.42 Å². The minimum atomic E-state index is -0.551. The molecule has 1 N–H and O–H groups in total. The molecule has 0 heterocycles. The zero-order chi connectivity index (χ0) is 15.2. The minimum absolute atomic E-state index is 0.0234. The number of alkyl halides is 1. The van der Waals surface area contributed by atoms with Gasteiger partial charge in [-0.25, -0.2) is 4.39 Å². The van der Waals surface area contributed by atoms with Crippen LogP contribution in [0.3, 0.4) is 0 Å². The summed E-state index contributed by atoms with van der Waals surface area (Å²) in [4.78, 5) is 12.1. The highest BCUT2D eigenvalue weighted by Crippen LogP contribution is 2.20. The van der Waals surface area contributed by atoms with E-state index >= 15 is 0 Å². The summed E-state index contributed by atoms with van der Waals surface area (Å²) in [5, 5.41) is 3.67. The highest BCUT2D eigenvalue weighted by atomic mass is 79.9. The molecule has 0 aromatic heterocycles. The van der Waals surface area contributed by atoms with Gasteiger partial charge in [0.05, 0.1) is 10.0 Å². The monoisotopic (exact) mass is 413 g/mol. The Morgan fingerprint density at radius 1 is 1.19 bits per heavy atom. The average Bonchev–Trinajstić information content (AvgIpc) is 2.48. The molecule has 1 amide bonds. The van der Waals surface area contributed by atoms with Crippen LogP contribution in [0.25, 0.3) is 0 Å². The third-order valence-corrected chi connectivity index (χ3v) is 4.15. The Hall–Kier alpha value is -1.20. The predicted octanol–water partition coefficient (Wildman–Crippen LogP) is 5.17. The van der Waals surface area contributed by atoms with Gasteiger partial charge in [0.2, 0.25) is 0 Å². The van der Waals surface area contributed by atoms with Crippen molar-refractivity contribution in [3.63, 3.8) is 0 Å². The number of rotatable bonds is 5. The summed E-state index contributed by atoms with van der Waals surface area (Å²) < 4.78 is 14.2. The molecule has 110 valence electrons. The van der Waals surface area contributed by atoms with Crippen molar-refractivity contribution in [3.05, 3.63) is 63.9 Å². The van der Waals surface area contributed by atoms with E-state index in [-0.39, 0.29) is 10.0 Å². The molecule has 0 aliphatic carbocycles. The first-order valence-corrected chi connectivity index (χ1v) is 8.43. The third kappa shape index (κ3) is 4.38. The lowest BCUT2D eigenvalue weighted by Gasteiger charge is -2.08. The zero-order valence-corrected chi connectivity index (χ0v) is 14.4. The summed E-state index contributed by atoms with van der Waals surface area (Å²) in [6, 6.07) is 12.3. The van der Waals surface area contributed by atoms with Crippen LogP contribution in [-0.4, -0.2) is 11.2 Å². The molecule has 0 aliphatic rings. The largest absolute Gasteiger partial charge is 0.322 e. The van der Waals surface area contributed by atoms with E-state index in [9.17, 15) is 9.18 Å². The van der Waals surface area contributed by atoms with Crippen molar-refractivity contribution in [1.29, 1.82) is 0 Å². The lowest BCUT2D eigenvalue weighted by atomic mass is 10.1. The molecule has 0 saturated heterocycles. The maximum Gasteiger partial charge on any atom is 0.258 e. The number of hydrogen-bond acceptors (Lipinski definition) is 1. The smallest absolute Gasteiger partial charge is 0.258 e. The molecule has 2 aromatic rings. The maximum absolute atomic E-state index is 13.9. The van der Waals surface area contributed by atoms with Crippen LogP contribution >= 0.6 is 31.9 Å². The number of aryl methyl sites for hydroxylation is 1. The Morgan fingerprint density at radius 2 is 1.95 bits per heavy atom. The second-order valence-electron chi connectivity index (χ2n) is 4.55. The number of carbonyl (C=O) groups is 1. The molecule has 0 radical (unpaired) electrons. The van der Waals surface area contributed by atoms with Crippen LogP contribution in [0.1, 0.15) is 22.3 Å². The van der Waals surface area contributed by atoms with Gasteiger partial charge in [-0.2, -0.15) is 0 Å². The van der Waals surface area contributed by atoms with Gasteiger partial charge in [0.15, 0.2) is 0 Å². The molecule has 2 nitrogen and oxygen atoms in total. The first-order valence-electron chi connectivity index (χ1n) is 6.52. The second kappa shape index (κ2) is 7.71. The SMILES string of the molecule is O=C(Nc1cccc(CCCBr)c1)c1cccc(Br)c1F. The fourth-order valence-corrected chi connectivity index (χ4v) is 2.60. The second-order valence-corrected chi connectivity index (χ2v) is 6.20. The molecule has 0 atom stereocenters. The standard InChI is InChI=1S/C16H14Br2FNO/c17-9-3-5-11-4-1-6-12(10-11)20-16(21)13-7-2-8-14(18)15(13)19/h1-2,4,6-8,10H,3,5,9H2,(H,20,21).